The number of rotatable bonds is 7. The maximum Gasteiger partial charge on any atom is 0.271 e. The highest BCUT2D eigenvalue weighted by atomic mass is 32.2. The lowest BCUT2D eigenvalue weighted by Gasteiger charge is -2.14. The van der Waals surface area contributed by atoms with E-state index in [4.69, 9.17) is 4.74 Å². The van der Waals surface area contributed by atoms with Gasteiger partial charge < -0.3 is 10.1 Å². The minimum atomic E-state index is -0.575. The third kappa shape index (κ3) is 4.69. The van der Waals surface area contributed by atoms with Gasteiger partial charge in [-0.3, -0.25) is 14.9 Å². The number of anilines is 1. The van der Waals surface area contributed by atoms with E-state index in [0.717, 1.165) is 11.3 Å². The van der Waals surface area contributed by atoms with Crippen molar-refractivity contribution in [2.75, 3.05) is 12.4 Å². The summed E-state index contributed by atoms with van der Waals surface area (Å²) in [7, 11) is 1.42. The van der Waals surface area contributed by atoms with E-state index < -0.39 is 10.2 Å². The van der Waals surface area contributed by atoms with Crippen molar-refractivity contribution in [1.29, 1.82) is 0 Å². The molecule has 2 aromatic carbocycles. The predicted molar refractivity (Wildman–Crippen MR) is 107 cm³/mol. The number of aryl methyl sites for hydroxylation is 1. The van der Waals surface area contributed by atoms with Crippen LogP contribution < -0.4 is 10.1 Å². The molecule has 0 bridgehead atoms. The first-order valence-corrected chi connectivity index (χ1v) is 9.42. The molecule has 0 saturated heterocycles. The molecule has 0 fully saturated rings. The number of aromatic nitrogens is 4. The van der Waals surface area contributed by atoms with E-state index in [2.05, 4.69) is 20.8 Å². The van der Waals surface area contributed by atoms with Crippen molar-refractivity contribution in [1.82, 2.24) is 20.2 Å². The molecule has 1 N–H and O–H groups in total. The number of ether oxygens (including phenoxy) is 1. The maximum absolute atomic E-state index is 12.6. The molecular formula is C18H18N6O4S. The lowest BCUT2D eigenvalue weighted by Crippen LogP contribution is -2.23. The second-order valence-corrected chi connectivity index (χ2v) is 7.41. The molecule has 150 valence electrons. The van der Waals surface area contributed by atoms with Crippen LogP contribution in [0, 0.1) is 17.0 Å². The summed E-state index contributed by atoms with van der Waals surface area (Å²) in [5, 5.41) is 25.2. The van der Waals surface area contributed by atoms with Crippen LogP contribution in [0.3, 0.4) is 0 Å². The Labute approximate surface area is 170 Å². The van der Waals surface area contributed by atoms with Crippen LogP contribution in [0.5, 0.6) is 5.75 Å². The van der Waals surface area contributed by atoms with Gasteiger partial charge in [0.25, 0.3) is 5.69 Å². The molecule has 29 heavy (non-hydrogen) atoms. The highest BCUT2D eigenvalue weighted by molar-refractivity contribution is 8.00. The van der Waals surface area contributed by atoms with E-state index in [1.165, 1.54) is 37.1 Å². The first kappa shape index (κ1) is 20.3. The van der Waals surface area contributed by atoms with Crippen LogP contribution in [-0.4, -0.2) is 43.4 Å². The minimum absolute atomic E-state index is 0.148. The van der Waals surface area contributed by atoms with Crippen LogP contribution >= 0.6 is 11.8 Å². The van der Waals surface area contributed by atoms with Crippen LogP contribution in [0.2, 0.25) is 0 Å². The number of nitro benzene ring substituents is 1. The zero-order valence-corrected chi connectivity index (χ0v) is 16.7. The van der Waals surface area contributed by atoms with E-state index in [9.17, 15) is 14.9 Å². The molecule has 11 heteroatoms. The number of amides is 1. The van der Waals surface area contributed by atoms with Crippen LogP contribution in [0.4, 0.5) is 11.4 Å². The van der Waals surface area contributed by atoms with Crippen molar-refractivity contribution in [3.05, 3.63) is 58.1 Å². The van der Waals surface area contributed by atoms with Crippen LogP contribution in [0.15, 0.2) is 47.6 Å². The Morgan fingerprint density at radius 2 is 2.00 bits per heavy atom. The van der Waals surface area contributed by atoms with Gasteiger partial charge in [-0.15, -0.1) is 5.10 Å². The van der Waals surface area contributed by atoms with Gasteiger partial charge >= 0.3 is 0 Å². The van der Waals surface area contributed by atoms with Gasteiger partial charge in [0, 0.05) is 12.1 Å². The number of hydrogen-bond acceptors (Lipinski definition) is 8. The van der Waals surface area contributed by atoms with Crippen molar-refractivity contribution in [3.8, 4) is 11.4 Å². The van der Waals surface area contributed by atoms with Crippen molar-refractivity contribution in [2.45, 2.75) is 24.3 Å². The van der Waals surface area contributed by atoms with E-state index in [-0.39, 0.29) is 17.3 Å². The topological polar surface area (TPSA) is 125 Å². The fourth-order valence-electron chi connectivity index (χ4n) is 2.45. The second-order valence-electron chi connectivity index (χ2n) is 6.10. The van der Waals surface area contributed by atoms with Crippen LogP contribution in [0.1, 0.15) is 12.5 Å². The second kappa shape index (κ2) is 8.69. The van der Waals surface area contributed by atoms with Gasteiger partial charge in [0.1, 0.15) is 5.75 Å². The molecule has 1 aromatic heterocycles. The molecule has 0 radical (unpaired) electrons. The summed E-state index contributed by atoms with van der Waals surface area (Å²) in [4.78, 5) is 23.1. The average molecular weight is 414 g/mol. The highest BCUT2D eigenvalue weighted by Crippen LogP contribution is 2.30. The Hall–Kier alpha value is -3.47. The van der Waals surface area contributed by atoms with Gasteiger partial charge in [0.15, 0.2) is 0 Å². The van der Waals surface area contributed by atoms with Gasteiger partial charge in [0.05, 0.1) is 28.7 Å². The quantitative estimate of drug-likeness (QED) is 0.355. The largest absolute Gasteiger partial charge is 0.495 e. The van der Waals surface area contributed by atoms with Crippen molar-refractivity contribution in [3.63, 3.8) is 0 Å². The minimum Gasteiger partial charge on any atom is -0.495 e. The molecule has 3 aromatic rings. The molecule has 3 rings (SSSR count). The zero-order valence-electron chi connectivity index (χ0n) is 15.9. The maximum atomic E-state index is 12.6. The number of thioether (sulfide) groups is 1. The van der Waals surface area contributed by atoms with Crippen molar-refractivity contribution < 1.29 is 14.5 Å². The monoisotopic (exact) mass is 414 g/mol. The lowest BCUT2D eigenvalue weighted by atomic mass is 10.2. The molecule has 0 spiro atoms. The molecule has 0 aliphatic rings. The first-order valence-electron chi connectivity index (χ1n) is 8.54. The van der Waals surface area contributed by atoms with Crippen LogP contribution in [0.25, 0.3) is 5.69 Å². The molecule has 1 atom stereocenters. The normalized spacial score (nSPS) is 11.7. The van der Waals surface area contributed by atoms with Gasteiger partial charge in [0.2, 0.25) is 11.1 Å². The highest BCUT2D eigenvalue weighted by Gasteiger charge is 2.21. The third-order valence-electron chi connectivity index (χ3n) is 4.02. The Morgan fingerprint density at radius 3 is 2.66 bits per heavy atom. The Bertz CT molecular complexity index is 1040. The molecule has 0 saturated carbocycles. The molecule has 0 aliphatic heterocycles. The van der Waals surface area contributed by atoms with E-state index in [1.807, 2.05) is 31.2 Å². The standard InChI is InChI=1S/C18H18N6O4S/c1-11-4-6-13(7-5-11)23-18(20-21-22-23)29-12(2)17(25)19-15-10-14(24(26)27)8-9-16(15)28-3/h4-10,12H,1-3H3,(H,19,25)/t12-/m0/s1. The number of tetrazole rings is 1. The van der Waals surface area contributed by atoms with E-state index >= 15 is 0 Å². The molecule has 10 nitrogen and oxygen atoms in total. The number of hydrogen-bond donors (Lipinski definition) is 1. The molecule has 0 aliphatic carbocycles. The van der Waals surface area contributed by atoms with Gasteiger partial charge in [-0.1, -0.05) is 29.5 Å². The number of benzene rings is 2. The third-order valence-corrected chi connectivity index (χ3v) is 5.06. The smallest absolute Gasteiger partial charge is 0.271 e. The fraction of sp³-hybridized carbons (Fsp3) is 0.222. The summed E-state index contributed by atoms with van der Waals surface area (Å²) in [5.41, 5.74) is 1.95. The van der Waals surface area contributed by atoms with Gasteiger partial charge in [-0.05, 0) is 42.5 Å². The number of non-ortho nitro benzene ring substituents is 1. The summed E-state index contributed by atoms with van der Waals surface area (Å²) in [6, 6.07) is 11.6. The molecule has 1 heterocycles. The predicted octanol–water partition coefficient (Wildman–Crippen LogP) is 3.01. The SMILES string of the molecule is COc1ccc([N+](=O)[O-])cc1NC(=O)[C@H](C)Sc1nnnn1-c1ccc(C)cc1. The van der Waals surface area contributed by atoms with Crippen LogP contribution in [-0.2, 0) is 4.79 Å². The summed E-state index contributed by atoms with van der Waals surface area (Å²) in [6.45, 7) is 3.67. The van der Waals surface area contributed by atoms with E-state index in [1.54, 1.807) is 11.6 Å². The summed E-state index contributed by atoms with van der Waals surface area (Å²) >= 11 is 1.17. The molecule has 1 amide bonds. The molecular weight excluding hydrogens is 396 g/mol. The lowest BCUT2D eigenvalue weighted by molar-refractivity contribution is -0.384. The summed E-state index contributed by atoms with van der Waals surface area (Å²) in [6.07, 6.45) is 0. The number of carbonyl (C=O) groups is 1. The Morgan fingerprint density at radius 1 is 1.28 bits per heavy atom. The zero-order chi connectivity index (χ0) is 21.0. The van der Waals surface area contributed by atoms with Crippen molar-refractivity contribution in [2.24, 2.45) is 0 Å². The fourth-order valence-corrected chi connectivity index (χ4v) is 3.26. The summed E-state index contributed by atoms with van der Waals surface area (Å²) < 4.78 is 6.72. The Balaban J connectivity index is 1.76. The van der Waals surface area contributed by atoms with Gasteiger partial charge in [-0.25, -0.2) is 0 Å². The average Bonchev–Trinajstić information content (AvgIpc) is 3.16. The van der Waals surface area contributed by atoms with E-state index in [0.29, 0.717) is 10.9 Å². The van der Waals surface area contributed by atoms with Crippen molar-refractivity contribution >= 4 is 29.0 Å². The number of methoxy groups -OCH3 is 1. The number of nitrogens with zero attached hydrogens (tertiary/aromatic N) is 5. The first-order chi connectivity index (χ1) is 13.9. The number of carbonyl (C=O) groups excluding carboxylic acids is 1. The molecule has 0 unspecified atom stereocenters. The number of nitrogens with one attached hydrogen (secondary N) is 1. The van der Waals surface area contributed by atoms with Gasteiger partial charge in [-0.2, -0.15) is 4.68 Å². The number of nitro groups is 1. The Kier molecular flexibility index (Phi) is 6.07. The summed E-state index contributed by atoms with van der Waals surface area (Å²) in [5.74, 6) is -0.0436.